The molecule has 4 heteroatoms. The Kier molecular flexibility index (Phi) is 4.65. The lowest BCUT2D eigenvalue weighted by atomic mass is 10.1. The average molecular weight is 214 g/mol. The molecule has 0 aromatic heterocycles. The minimum Gasteiger partial charge on any atom is -0.329 e. The molecule has 0 radical (unpaired) electrons. The third-order valence-electron chi connectivity index (χ3n) is 2.24. The first-order chi connectivity index (χ1) is 7.13. The molecule has 2 nitrogen and oxygen atoms in total. The summed E-state index contributed by atoms with van der Waals surface area (Å²) in [4.78, 5) is 0. The van der Waals surface area contributed by atoms with Crippen LogP contribution in [-0.4, -0.2) is 19.1 Å². The Labute approximate surface area is 88.5 Å². The fraction of sp³-hybridized carbons (Fsp3) is 0.455. The van der Waals surface area contributed by atoms with Crippen LogP contribution in [0.4, 0.5) is 8.78 Å². The Hall–Kier alpha value is -1.00. The van der Waals surface area contributed by atoms with Gasteiger partial charge in [0.05, 0.1) is 0 Å². The number of nitrogens with two attached hydrogens (primary N) is 1. The van der Waals surface area contributed by atoms with E-state index in [-0.39, 0.29) is 6.04 Å². The highest BCUT2D eigenvalue weighted by Crippen LogP contribution is 2.08. The van der Waals surface area contributed by atoms with Gasteiger partial charge < -0.3 is 11.1 Å². The fourth-order valence-electron chi connectivity index (χ4n) is 1.24. The van der Waals surface area contributed by atoms with Gasteiger partial charge in [0.2, 0.25) is 0 Å². The highest BCUT2D eigenvalue weighted by molar-refractivity contribution is 5.18. The maximum atomic E-state index is 12.8. The van der Waals surface area contributed by atoms with Crippen LogP contribution < -0.4 is 11.1 Å². The summed E-state index contributed by atoms with van der Waals surface area (Å²) < 4.78 is 25.4. The molecule has 0 saturated heterocycles. The van der Waals surface area contributed by atoms with Crippen LogP contribution >= 0.6 is 0 Å². The van der Waals surface area contributed by atoms with Gasteiger partial charge in [0, 0.05) is 12.6 Å². The minimum absolute atomic E-state index is 0.246. The van der Waals surface area contributed by atoms with Gasteiger partial charge in [-0.25, -0.2) is 8.78 Å². The molecule has 0 fully saturated rings. The summed E-state index contributed by atoms with van der Waals surface area (Å²) in [5, 5.41) is 3.17. The second-order valence-electron chi connectivity index (χ2n) is 3.59. The van der Waals surface area contributed by atoms with Crippen molar-refractivity contribution >= 4 is 0 Å². The normalized spacial score (nSPS) is 12.8. The van der Waals surface area contributed by atoms with Crippen LogP contribution in [-0.2, 0) is 6.42 Å². The topological polar surface area (TPSA) is 38.0 Å². The Morgan fingerprint density at radius 1 is 1.33 bits per heavy atom. The Balaban J connectivity index is 2.41. The smallest absolute Gasteiger partial charge is 0.159 e. The van der Waals surface area contributed by atoms with E-state index < -0.39 is 11.6 Å². The summed E-state index contributed by atoms with van der Waals surface area (Å²) in [6, 6.07) is 4.21. The molecule has 0 aliphatic rings. The van der Waals surface area contributed by atoms with Crippen molar-refractivity contribution in [2.45, 2.75) is 19.4 Å². The van der Waals surface area contributed by atoms with Gasteiger partial charge in [-0.05, 0) is 37.6 Å². The molecule has 0 saturated carbocycles. The van der Waals surface area contributed by atoms with Crippen molar-refractivity contribution in [1.29, 1.82) is 0 Å². The van der Waals surface area contributed by atoms with E-state index in [1.807, 2.05) is 6.92 Å². The number of nitrogens with one attached hydrogen (secondary N) is 1. The van der Waals surface area contributed by atoms with E-state index in [1.54, 1.807) is 6.07 Å². The van der Waals surface area contributed by atoms with Gasteiger partial charge in [0.25, 0.3) is 0 Å². The van der Waals surface area contributed by atoms with Crippen molar-refractivity contribution in [3.8, 4) is 0 Å². The van der Waals surface area contributed by atoms with Crippen LogP contribution in [0.1, 0.15) is 12.5 Å². The largest absolute Gasteiger partial charge is 0.329 e. The van der Waals surface area contributed by atoms with Gasteiger partial charge in [-0.15, -0.1) is 0 Å². The van der Waals surface area contributed by atoms with Crippen molar-refractivity contribution in [1.82, 2.24) is 5.32 Å². The molecule has 1 atom stereocenters. The molecule has 1 rings (SSSR count). The van der Waals surface area contributed by atoms with Crippen molar-refractivity contribution in [2.75, 3.05) is 13.1 Å². The summed E-state index contributed by atoms with van der Waals surface area (Å²) >= 11 is 0. The summed E-state index contributed by atoms with van der Waals surface area (Å²) in [6.45, 7) is 3.26. The SMILES string of the molecule is C[C@@H](CN)NCCc1ccc(F)c(F)c1. The Morgan fingerprint density at radius 2 is 2.07 bits per heavy atom. The van der Waals surface area contributed by atoms with E-state index in [0.29, 0.717) is 19.5 Å². The van der Waals surface area contributed by atoms with Crippen molar-refractivity contribution in [3.05, 3.63) is 35.4 Å². The van der Waals surface area contributed by atoms with Gasteiger partial charge in [-0.3, -0.25) is 0 Å². The van der Waals surface area contributed by atoms with E-state index in [2.05, 4.69) is 5.32 Å². The molecule has 0 aliphatic carbocycles. The molecule has 84 valence electrons. The second kappa shape index (κ2) is 5.78. The standard InChI is InChI=1S/C11H16F2N2/c1-8(7-14)15-5-4-9-2-3-10(12)11(13)6-9/h2-3,6,8,15H,4-5,7,14H2,1H3/t8-/m0/s1. The first-order valence-corrected chi connectivity index (χ1v) is 5.01. The zero-order valence-electron chi connectivity index (χ0n) is 8.76. The van der Waals surface area contributed by atoms with Gasteiger partial charge in [-0.1, -0.05) is 6.07 Å². The molecule has 0 bridgehead atoms. The van der Waals surface area contributed by atoms with E-state index in [1.165, 1.54) is 6.07 Å². The summed E-state index contributed by atoms with van der Waals surface area (Å²) in [5.74, 6) is -1.60. The molecule has 1 aromatic rings. The van der Waals surface area contributed by atoms with Crippen LogP contribution in [0.15, 0.2) is 18.2 Å². The van der Waals surface area contributed by atoms with Gasteiger partial charge >= 0.3 is 0 Å². The molecule has 0 amide bonds. The molecule has 1 aromatic carbocycles. The highest BCUT2D eigenvalue weighted by atomic mass is 19.2. The lowest BCUT2D eigenvalue weighted by Gasteiger charge is -2.10. The van der Waals surface area contributed by atoms with Crippen molar-refractivity contribution in [3.63, 3.8) is 0 Å². The quantitative estimate of drug-likeness (QED) is 0.778. The maximum absolute atomic E-state index is 12.8. The number of hydrogen-bond donors (Lipinski definition) is 2. The zero-order chi connectivity index (χ0) is 11.3. The van der Waals surface area contributed by atoms with Gasteiger partial charge in [0.15, 0.2) is 11.6 Å². The fourth-order valence-corrected chi connectivity index (χ4v) is 1.24. The molecule has 15 heavy (non-hydrogen) atoms. The Bertz CT molecular complexity index is 315. The van der Waals surface area contributed by atoms with Crippen molar-refractivity contribution in [2.24, 2.45) is 5.73 Å². The van der Waals surface area contributed by atoms with Crippen LogP contribution in [0, 0.1) is 11.6 Å². The maximum Gasteiger partial charge on any atom is 0.159 e. The zero-order valence-corrected chi connectivity index (χ0v) is 8.76. The lowest BCUT2D eigenvalue weighted by Crippen LogP contribution is -2.34. The molecule has 0 aliphatic heterocycles. The highest BCUT2D eigenvalue weighted by Gasteiger charge is 2.03. The second-order valence-corrected chi connectivity index (χ2v) is 3.59. The predicted molar refractivity (Wildman–Crippen MR) is 56.6 cm³/mol. The van der Waals surface area contributed by atoms with Crippen LogP contribution in [0.25, 0.3) is 0 Å². The lowest BCUT2D eigenvalue weighted by molar-refractivity contribution is 0.505. The molecular weight excluding hydrogens is 198 g/mol. The van der Waals surface area contributed by atoms with Crippen LogP contribution in [0.5, 0.6) is 0 Å². The van der Waals surface area contributed by atoms with Gasteiger partial charge in [0.1, 0.15) is 0 Å². The Morgan fingerprint density at radius 3 is 2.67 bits per heavy atom. The third-order valence-corrected chi connectivity index (χ3v) is 2.24. The van der Waals surface area contributed by atoms with Crippen LogP contribution in [0.2, 0.25) is 0 Å². The summed E-state index contributed by atoms with van der Waals surface area (Å²) in [6.07, 6.45) is 0.668. The molecular formula is C11H16F2N2. The molecule has 0 spiro atoms. The number of hydrogen-bond acceptors (Lipinski definition) is 2. The van der Waals surface area contributed by atoms with E-state index >= 15 is 0 Å². The number of benzene rings is 1. The molecule has 0 unspecified atom stereocenters. The third kappa shape index (κ3) is 3.93. The number of halogens is 2. The van der Waals surface area contributed by atoms with Crippen molar-refractivity contribution < 1.29 is 8.78 Å². The summed E-state index contributed by atoms with van der Waals surface area (Å²) in [5.41, 5.74) is 6.21. The molecule has 3 N–H and O–H groups in total. The molecule has 0 heterocycles. The number of rotatable bonds is 5. The van der Waals surface area contributed by atoms with E-state index in [0.717, 1.165) is 11.6 Å². The van der Waals surface area contributed by atoms with Crippen LogP contribution in [0.3, 0.4) is 0 Å². The first kappa shape index (κ1) is 12.1. The monoisotopic (exact) mass is 214 g/mol. The van der Waals surface area contributed by atoms with E-state index in [9.17, 15) is 8.78 Å². The summed E-state index contributed by atoms with van der Waals surface area (Å²) in [7, 11) is 0. The average Bonchev–Trinajstić information content (AvgIpc) is 2.23. The first-order valence-electron chi connectivity index (χ1n) is 5.01. The van der Waals surface area contributed by atoms with Gasteiger partial charge in [-0.2, -0.15) is 0 Å². The predicted octanol–water partition coefficient (Wildman–Crippen LogP) is 1.44. The minimum atomic E-state index is -0.804. The van der Waals surface area contributed by atoms with E-state index in [4.69, 9.17) is 5.73 Å².